The summed E-state index contributed by atoms with van der Waals surface area (Å²) in [6.45, 7) is 3.47. The molecule has 3 heteroatoms. The lowest BCUT2D eigenvalue weighted by Crippen LogP contribution is -2.32. The number of hydrogen-bond acceptors (Lipinski definition) is 2. The zero-order chi connectivity index (χ0) is 9.10. The van der Waals surface area contributed by atoms with Crippen LogP contribution in [0, 0.1) is 0 Å². The van der Waals surface area contributed by atoms with Crippen LogP contribution in [0.4, 0.5) is 0 Å². The molecule has 1 fully saturated rings. The molecule has 2 nitrogen and oxygen atoms in total. The van der Waals surface area contributed by atoms with Crippen LogP contribution >= 0.6 is 0 Å². The zero-order valence-corrected chi connectivity index (χ0v) is 7.77. The maximum Gasteiger partial charge on any atom is 0.453 e. The highest BCUT2D eigenvalue weighted by atomic mass is 16.6. The molecule has 0 aromatic heterocycles. The summed E-state index contributed by atoms with van der Waals surface area (Å²) in [5.74, 6) is 0.400. The molecular formula is C10H13BO2. The topological polar surface area (TPSA) is 18.5 Å². The molecule has 0 aliphatic carbocycles. The van der Waals surface area contributed by atoms with Gasteiger partial charge in [0.1, 0.15) is 0 Å². The smallest absolute Gasteiger partial charge is 0.411 e. The van der Waals surface area contributed by atoms with Crippen LogP contribution in [0.2, 0.25) is 6.82 Å². The summed E-state index contributed by atoms with van der Waals surface area (Å²) in [7, 11) is -0.0417. The van der Waals surface area contributed by atoms with E-state index in [0.717, 1.165) is 13.2 Å². The van der Waals surface area contributed by atoms with Crippen molar-refractivity contribution in [3.63, 3.8) is 0 Å². The van der Waals surface area contributed by atoms with Crippen LogP contribution in [0.15, 0.2) is 30.3 Å². The molecule has 0 bridgehead atoms. The van der Waals surface area contributed by atoms with Gasteiger partial charge in [-0.05, 0) is 12.4 Å². The van der Waals surface area contributed by atoms with E-state index in [0.29, 0.717) is 5.92 Å². The summed E-state index contributed by atoms with van der Waals surface area (Å²) in [5, 5.41) is 0. The van der Waals surface area contributed by atoms with Gasteiger partial charge in [0.2, 0.25) is 0 Å². The second-order valence-electron chi connectivity index (χ2n) is 3.34. The van der Waals surface area contributed by atoms with E-state index >= 15 is 0 Å². The van der Waals surface area contributed by atoms with Gasteiger partial charge < -0.3 is 9.31 Å². The quantitative estimate of drug-likeness (QED) is 0.608. The average Bonchev–Trinajstić information content (AvgIpc) is 2.20. The number of benzene rings is 1. The maximum absolute atomic E-state index is 5.42. The minimum atomic E-state index is -0.0417. The fourth-order valence-electron chi connectivity index (χ4n) is 1.52. The van der Waals surface area contributed by atoms with E-state index in [4.69, 9.17) is 9.31 Å². The van der Waals surface area contributed by atoms with Crippen molar-refractivity contribution < 1.29 is 9.31 Å². The Hall–Kier alpha value is -0.795. The molecule has 13 heavy (non-hydrogen) atoms. The van der Waals surface area contributed by atoms with Crippen LogP contribution in [0.3, 0.4) is 0 Å². The van der Waals surface area contributed by atoms with Gasteiger partial charge in [-0.3, -0.25) is 0 Å². The average molecular weight is 176 g/mol. The Morgan fingerprint density at radius 2 is 1.77 bits per heavy atom. The Morgan fingerprint density at radius 3 is 2.38 bits per heavy atom. The van der Waals surface area contributed by atoms with Gasteiger partial charge in [0.25, 0.3) is 0 Å². The first kappa shape index (κ1) is 8.79. The van der Waals surface area contributed by atoms with Crippen LogP contribution in [0.5, 0.6) is 0 Å². The van der Waals surface area contributed by atoms with Crippen molar-refractivity contribution in [2.75, 3.05) is 13.2 Å². The summed E-state index contributed by atoms with van der Waals surface area (Å²) < 4.78 is 10.8. The lowest BCUT2D eigenvalue weighted by atomic mass is 9.90. The van der Waals surface area contributed by atoms with E-state index in [1.54, 1.807) is 0 Å². The molecule has 1 aromatic rings. The Kier molecular flexibility index (Phi) is 2.66. The van der Waals surface area contributed by atoms with Gasteiger partial charge in [0.15, 0.2) is 0 Å². The van der Waals surface area contributed by atoms with Crippen LogP contribution < -0.4 is 0 Å². The molecule has 0 atom stereocenters. The lowest BCUT2D eigenvalue weighted by molar-refractivity contribution is 0.116. The standard InChI is InChI=1S/C10H13BO2/c1-11-12-7-10(8-13-11)9-5-3-2-4-6-9/h2-6,10H,7-8H2,1H3. The Bertz CT molecular complexity index is 255. The first-order valence-corrected chi connectivity index (χ1v) is 4.64. The molecule has 2 rings (SSSR count). The van der Waals surface area contributed by atoms with Crippen molar-refractivity contribution in [3.05, 3.63) is 35.9 Å². The Labute approximate surface area is 79.0 Å². The predicted octanol–water partition coefficient (Wildman–Crippen LogP) is 1.93. The molecule has 68 valence electrons. The fourth-order valence-corrected chi connectivity index (χ4v) is 1.52. The van der Waals surface area contributed by atoms with E-state index in [-0.39, 0.29) is 7.12 Å². The third-order valence-corrected chi connectivity index (χ3v) is 2.34. The molecule has 1 saturated heterocycles. The van der Waals surface area contributed by atoms with E-state index in [1.807, 2.05) is 25.0 Å². The second-order valence-corrected chi connectivity index (χ2v) is 3.34. The molecule has 1 heterocycles. The molecule has 0 spiro atoms. The summed E-state index contributed by atoms with van der Waals surface area (Å²) in [6, 6.07) is 10.4. The van der Waals surface area contributed by atoms with Crippen LogP contribution in [-0.4, -0.2) is 20.3 Å². The predicted molar refractivity (Wildman–Crippen MR) is 52.7 cm³/mol. The van der Waals surface area contributed by atoms with E-state index < -0.39 is 0 Å². The molecule has 1 aliphatic rings. The summed E-state index contributed by atoms with van der Waals surface area (Å²) in [6.07, 6.45) is 0. The van der Waals surface area contributed by atoms with Crippen molar-refractivity contribution in [1.29, 1.82) is 0 Å². The van der Waals surface area contributed by atoms with E-state index in [1.165, 1.54) is 5.56 Å². The van der Waals surface area contributed by atoms with Gasteiger partial charge in [0.05, 0.1) is 0 Å². The summed E-state index contributed by atoms with van der Waals surface area (Å²) in [4.78, 5) is 0. The summed E-state index contributed by atoms with van der Waals surface area (Å²) in [5.41, 5.74) is 1.30. The minimum Gasteiger partial charge on any atom is -0.411 e. The highest BCUT2D eigenvalue weighted by molar-refractivity contribution is 6.42. The molecule has 0 saturated carbocycles. The maximum atomic E-state index is 5.42. The molecule has 0 unspecified atom stereocenters. The van der Waals surface area contributed by atoms with E-state index in [9.17, 15) is 0 Å². The van der Waals surface area contributed by atoms with Gasteiger partial charge in [-0.2, -0.15) is 0 Å². The SMILES string of the molecule is CB1OCC(c2ccccc2)CO1. The van der Waals surface area contributed by atoms with E-state index in [2.05, 4.69) is 12.1 Å². The third-order valence-electron chi connectivity index (χ3n) is 2.34. The molecule has 1 aromatic carbocycles. The highest BCUT2D eigenvalue weighted by Crippen LogP contribution is 2.20. The summed E-state index contributed by atoms with van der Waals surface area (Å²) >= 11 is 0. The Morgan fingerprint density at radius 1 is 1.15 bits per heavy atom. The van der Waals surface area contributed by atoms with Gasteiger partial charge in [0, 0.05) is 19.1 Å². The van der Waals surface area contributed by atoms with Gasteiger partial charge >= 0.3 is 7.12 Å². The number of rotatable bonds is 1. The third kappa shape index (κ3) is 2.11. The molecule has 1 aliphatic heterocycles. The van der Waals surface area contributed by atoms with Crippen molar-refractivity contribution in [2.24, 2.45) is 0 Å². The largest absolute Gasteiger partial charge is 0.453 e. The molecule has 0 radical (unpaired) electrons. The van der Waals surface area contributed by atoms with Crippen LogP contribution in [-0.2, 0) is 9.31 Å². The van der Waals surface area contributed by atoms with Crippen LogP contribution in [0.25, 0.3) is 0 Å². The monoisotopic (exact) mass is 176 g/mol. The van der Waals surface area contributed by atoms with Crippen molar-refractivity contribution in [1.82, 2.24) is 0 Å². The minimum absolute atomic E-state index is 0.0417. The first-order valence-electron chi connectivity index (χ1n) is 4.64. The van der Waals surface area contributed by atoms with Crippen LogP contribution in [0.1, 0.15) is 11.5 Å². The second kappa shape index (κ2) is 3.94. The zero-order valence-electron chi connectivity index (χ0n) is 7.77. The molecular weight excluding hydrogens is 163 g/mol. The van der Waals surface area contributed by atoms with Gasteiger partial charge in [-0.25, -0.2) is 0 Å². The Balaban J connectivity index is 2.03. The fraction of sp³-hybridized carbons (Fsp3) is 0.400. The number of hydrogen-bond donors (Lipinski definition) is 0. The van der Waals surface area contributed by atoms with Crippen molar-refractivity contribution >= 4 is 7.12 Å². The van der Waals surface area contributed by atoms with Gasteiger partial charge in [-0.1, -0.05) is 30.3 Å². The van der Waals surface area contributed by atoms with Crippen molar-refractivity contribution in [2.45, 2.75) is 12.7 Å². The normalized spacial score (nSPS) is 19.0. The molecule has 0 N–H and O–H groups in total. The highest BCUT2D eigenvalue weighted by Gasteiger charge is 2.23. The van der Waals surface area contributed by atoms with Gasteiger partial charge in [-0.15, -0.1) is 0 Å². The lowest BCUT2D eigenvalue weighted by Gasteiger charge is -2.25. The first-order chi connectivity index (χ1) is 6.36. The molecule has 0 amide bonds. The van der Waals surface area contributed by atoms with Crippen molar-refractivity contribution in [3.8, 4) is 0 Å².